The minimum absolute atomic E-state index is 0.00847. The number of para-hydroxylation sites is 1. The fourth-order valence-corrected chi connectivity index (χ4v) is 6.17. The first kappa shape index (κ1) is 25.9. The molecule has 0 bridgehead atoms. The lowest BCUT2D eigenvalue weighted by Gasteiger charge is -2.39. The smallest absolute Gasteiger partial charge is 0.209 e. The number of carbonyl (C=O) groups excluding carboxylic acids is 1. The van der Waals surface area contributed by atoms with Gasteiger partial charge in [-0.15, -0.1) is 0 Å². The molecule has 39 heavy (non-hydrogen) atoms. The van der Waals surface area contributed by atoms with Crippen LogP contribution in [0.25, 0.3) is 6.08 Å². The number of ketones is 1. The van der Waals surface area contributed by atoms with Crippen LogP contribution in [0, 0.1) is 0 Å². The summed E-state index contributed by atoms with van der Waals surface area (Å²) in [6.07, 6.45) is 0.424. The topological polar surface area (TPSA) is 53.7 Å². The summed E-state index contributed by atoms with van der Waals surface area (Å²) < 4.78 is 6.50. The monoisotopic (exact) mass is 557 g/mol. The predicted molar refractivity (Wildman–Crippen MR) is 158 cm³/mol. The molecule has 6 heteroatoms. The fourth-order valence-electron chi connectivity index (χ4n) is 5.66. The number of halogens is 2. The summed E-state index contributed by atoms with van der Waals surface area (Å²) in [6.45, 7) is 11.0. The second kappa shape index (κ2) is 8.85. The SMILES string of the molecule is CC(C)(C)c1ccc2c(c1)C(C)(C)c1cc(/C=C3/C(=O)c4c(Cl)ccc(Cl)c4C3O)oc1N2c1ccccc1. The third-order valence-electron chi connectivity index (χ3n) is 7.90. The lowest BCUT2D eigenvalue weighted by atomic mass is 9.73. The zero-order valence-electron chi connectivity index (χ0n) is 22.5. The van der Waals surface area contributed by atoms with Crippen molar-refractivity contribution in [2.75, 3.05) is 4.90 Å². The van der Waals surface area contributed by atoms with Crippen LogP contribution in [0.15, 0.2) is 76.7 Å². The summed E-state index contributed by atoms with van der Waals surface area (Å²) in [4.78, 5) is 15.5. The molecule has 1 atom stereocenters. The maximum atomic E-state index is 13.3. The van der Waals surface area contributed by atoms with Crippen molar-refractivity contribution in [1.29, 1.82) is 0 Å². The Morgan fingerprint density at radius 3 is 2.31 bits per heavy atom. The van der Waals surface area contributed by atoms with E-state index in [1.165, 1.54) is 11.1 Å². The lowest BCUT2D eigenvalue weighted by Crippen LogP contribution is -2.30. The van der Waals surface area contributed by atoms with Gasteiger partial charge in [0.1, 0.15) is 11.9 Å². The van der Waals surface area contributed by atoms with Gasteiger partial charge in [0.25, 0.3) is 0 Å². The number of nitrogens with zero attached hydrogens (tertiary/aromatic N) is 1. The average Bonchev–Trinajstić information content (AvgIpc) is 3.42. The molecule has 1 aliphatic heterocycles. The van der Waals surface area contributed by atoms with Gasteiger partial charge in [-0.2, -0.15) is 0 Å². The van der Waals surface area contributed by atoms with Crippen LogP contribution < -0.4 is 4.90 Å². The molecule has 0 fully saturated rings. The number of carbonyl (C=O) groups is 1. The van der Waals surface area contributed by atoms with Gasteiger partial charge in [0.05, 0.1) is 10.7 Å². The molecule has 0 radical (unpaired) electrons. The highest BCUT2D eigenvalue weighted by molar-refractivity contribution is 6.39. The highest BCUT2D eigenvalue weighted by Gasteiger charge is 2.42. The van der Waals surface area contributed by atoms with E-state index in [4.69, 9.17) is 27.6 Å². The van der Waals surface area contributed by atoms with Crippen LogP contribution in [0.2, 0.25) is 10.0 Å². The number of Topliss-reactive ketones (excluding diaryl/α,β-unsaturated/α-hetero) is 1. The quantitative estimate of drug-likeness (QED) is 0.249. The van der Waals surface area contributed by atoms with Gasteiger partial charge in [0.2, 0.25) is 5.88 Å². The molecule has 6 rings (SSSR count). The van der Waals surface area contributed by atoms with Gasteiger partial charge in [0.15, 0.2) is 5.78 Å². The molecule has 3 aromatic carbocycles. The van der Waals surface area contributed by atoms with Gasteiger partial charge < -0.3 is 9.52 Å². The van der Waals surface area contributed by atoms with Crippen molar-refractivity contribution < 1.29 is 14.3 Å². The van der Waals surface area contributed by atoms with Crippen molar-refractivity contribution >= 4 is 52.3 Å². The van der Waals surface area contributed by atoms with E-state index < -0.39 is 6.10 Å². The van der Waals surface area contributed by atoms with Crippen molar-refractivity contribution in [3.8, 4) is 0 Å². The Kier molecular flexibility index (Phi) is 5.89. The van der Waals surface area contributed by atoms with Gasteiger partial charge in [-0.25, -0.2) is 0 Å². The summed E-state index contributed by atoms with van der Waals surface area (Å²) in [5.74, 6) is 0.805. The highest BCUT2D eigenvalue weighted by Crippen LogP contribution is 2.54. The minimum atomic E-state index is -1.19. The van der Waals surface area contributed by atoms with Crippen molar-refractivity contribution in [1.82, 2.24) is 0 Å². The Morgan fingerprint density at radius 1 is 0.949 bits per heavy atom. The molecule has 0 saturated heterocycles. The first-order chi connectivity index (χ1) is 18.4. The zero-order valence-corrected chi connectivity index (χ0v) is 24.0. The molecule has 0 saturated carbocycles. The van der Waals surface area contributed by atoms with Crippen molar-refractivity contribution in [3.63, 3.8) is 0 Å². The van der Waals surface area contributed by atoms with Gasteiger partial charge in [-0.05, 0) is 59.0 Å². The van der Waals surface area contributed by atoms with Crippen molar-refractivity contribution in [3.05, 3.63) is 116 Å². The van der Waals surface area contributed by atoms with E-state index in [1.54, 1.807) is 18.2 Å². The maximum absolute atomic E-state index is 13.3. The zero-order chi connectivity index (χ0) is 27.9. The van der Waals surface area contributed by atoms with Crippen LogP contribution in [0.5, 0.6) is 0 Å². The van der Waals surface area contributed by atoms with Crippen LogP contribution in [-0.2, 0) is 10.8 Å². The number of aliphatic hydroxyl groups excluding tert-OH is 1. The number of fused-ring (bicyclic) bond motifs is 3. The number of hydrogen-bond donors (Lipinski definition) is 1. The summed E-state index contributed by atoms with van der Waals surface area (Å²) in [7, 11) is 0. The van der Waals surface area contributed by atoms with Crippen LogP contribution in [-0.4, -0.2) is 10.9 Å². The maximum Gasteiger partial charge on any atom is 0.209 e. The molecule has 4 nitrogen and oxygen atoms in total. The van der Waals surface area contributed by atoms with Crippen molar-refractivity contribution in [2.24, 2.45) is 0 Å². The molecule has 1 unspecified atom stereocenters. The normalized spacial score (nSPS) is 18.8. The van der Waals surface area contributed by atoms with E-state index in [9.17, 15) is 9.90 Å². The number of hydrogen-bond acceptors (Lipinski definition) is 4. The van der Waals surface area contributed by atoms with E-state index >= 15 is 0 Å². The Hall–Kier alpha value is -3.31. The summed E-state index contributed by atoms with van der Waals surface area (Å²) in [5, 5.41) is 11.6. The van der Waals surface area contributed by atoms with Gasteiger partial charge >= 0.3 is 0 Å². The molecule has 1 aromatic heterocycles. The molecule has 0 spiro atoms. The molecule has 4 aromatic rings. The lowest BCUT2D eigenvalue weighted by molar-refractivity contribution is 0.102. The largest absolute Gasteiger partial charge is 0.440 e. The second-order valence-corrected chi connectivity index (χ2v) is 12.6. The van der Waals surface area contributed by atoms with E-state index in [2.05, 4.69) is 69.9 Å². The Morgan fingerprint density at radius 2 is 1.64 bits per heavy atom. The first-order valence-electron chi connectivity index (χ1n) is 13.0. The number of anilines is 3. The minimum Gasteiger partial charge on any atom is -0.440 e. The fraction of sp³-hybridized carbons (Fsp3) is 0.242. The standard InChI is InChI=1S/C33H29Cl2NO3/c1-32(2,3)18-11-14-26-22(15-18)33(4,5)23-17-20(39-31(23)36(26)19-9-7-6-8-10-19)16-21-29(37)27-24(34)12-13-25(35)28(27)30(21)38/h6-17,29,37H,1-5H3/b21-16+. The summed E-state index contributed by atoms with van der Waals surface area (Å²) in [6, 6.07) is 21.9. The van der Waals surface area contributed by atoms with Crippen molar-refractivity contribution in [2.45, 2.75) is 51.6 Å². The summed E-state index contributed by atoms with van der Waals surface area (Å²) in [5.41, 5.74) is 5.82. The Balaban J connectivity index is 1.54. The number of aliphatic hydroxyl groups is 1. The summed E-state index contributed by atoms with van der Waals surface area (Å²) >= 11 is 12.7. The third-order valence-corrected chi connectivity index (χ3v) is 8.54. The molecule has 2 aliphatic rings. The first-order valence-corrected chi connectivity index (χ1v) is 13.7. The van der Waals surface area contributed by atoms with E-state index in [1.807, 2.05) is 24.3 Å². The number of rotatable bonds is 2. The van der Waals surface area contributed by atoms with Gasteiger partial charge in [-0.1, -0.05) is 88.2 Å². The van der Waals surface area contributed by atoms with E-state index in [0.29, 0.717) is 22.2 Å². The van der Waals surface area contributed by atoms with E-state index in [-0.39, 0.29) is 32.8 Å². The molecule has 1 N–H and O–H groups in total. The van der Waals surface area contributed by atoms with Crippen LogP contribution in [0.3, 0.4) is 0 Å². The predicted octanol–water partition coefficient (Wildman–Crippen LogP) is 9.31. The third kappa shape index (κ3) is 3.97. The Labute approximate surface area is 238 Å². The molecule has 0 amide bonds. The van der Waals surface area contributed by atoms with Crippen LogP contribution in [0.1, 0.15) is 79.1 Å². The van der Waals surface area contributed by atoms with E-state index in [0.717, 1.165) is 16.9 Å². The molecule has 1 aliphatic carbocycles. The van der Waals surface area contributed by atoms with Gasteiger partial charge in [-0.3, -0.25) is 9.69 Å². The van der Waals surface area contributed by atoms with Gasteiger partial charge in [0, 0.05) is 38.4 Å². The average molecular weight is 559 g/mol. The molecular formula is C33H29Cl2NO3. The second-order valence-electron chi connectivity index (χ2n) is 11.8. The van der Waals surface area contributed by atoms with Crippen LogP contribution in [0.4, 0.5) is 17.3 Å². The van der Waals surface area contributed by atoms with Crippen LogP contribution >= 0.6 is 23.2 Å². The molecule has 2 heterocycles. The molecule has 198 valence electrons. The highest BCUT2D eigenvalue weighted by atomic mass is 35.5. The molecular weight excluding hydrogens is 529 g/mol. The number of furan rings is 1. The number of benzene rings is 3. The Bertz CT molecular complexity index is 1680.